The average Bonchev–Trinajstić information content (AvgIpc) is 2.79. The van der Waals surface area contributed by atoms with E-state index in [2.05, 4.69) is 11.9 Å². The van der Waals surface area contributed by atoms with Gasteiger partial charge in [-0.1, -0.05) is 12.6 Å². The summed E-state index contributed by atoms with van der Waals surface area (Å²) in [6.45, 7) is 5.59. The third-order valence-electron chi connectivity index (χ3n) is 3.18. The second kappa shape index (κ2) is 5.69. The topological polar surface area (TPSA) is 55.4 Å². The maximum Gasteiger partial charge on any atom is 0.338 e. The second-order valence-electron chi connectivity index (χ2n) is 4.52. The van der Waals surface area contributed by atoms with Crippen molar-refractivity contribution in [1.29, 1.82) is 0 Å². The summed E-state index contributed by atoms with van der Waals surface area (Å²) in [5.41, 5.74) is 2.83. The Balaban J connectivity index is 2.09. The molecule has 0 saturated heterocycles. The van der Waals surface area contributed by atoms with E-state index < -0.39 is 0 Å². The molecule has 2 rings (SSSR count). The van der Waals surface area contributed by atoms with Crippen LogP contribution in [-0.2, 0) is 22.4 Å². The van der Waals surface area contributed by atoms with E-state index in [9.17, 15) is 9.59 Å². The summed E-state index contributed by atoms with van der Waals surface area (Å²) >= 11 is 0. The number of carbonyl (C=O) groups is 2. The zero-order valence-corrected chi connectivity index (χ0v) is 10.9. The van der Waals surface area contributed by atoms with E-state index >= 15 is 0 Å². The number of benzene rings is 1. The number of rotatable bonds is 4. The highest BCUT2D eigenvalue weighted by atomic mass is 16.5. The van der Waals surface area contributed by atoms with E-state index in [-0.39, 0.29) is 17.9 Å². The first kappa shape index (κ1) is 13.3. The number of amides is 1. The van der Waals surface area contributed by atoms with Crippen LogP contribution in [0.5, 0.6) is 0 Å². The van der Waals surface area contributed by atoms with Gasteiger partial charge in [0.2, 0.25) is 5.91 Å². The smallest absolute Gasteiger partial charge is 0.338 e. The summed E-state index contributed by atoms with van der Waals surface area (Å²) in [5.74, 6) is -0.465. The fraction of sp³-hybridized carbons (Fsp3) is 0.333. The van der Waals surface area contributed by atoms with E-state index in [4.69, 9.17) is 4.74 Å². The molecule has 0 saturated carbocycles. The minimum absolute atomic E-state index is 0.0814. The lowest BCUT2D eigenvalue weighted by molar-refractivity contribution is -0.117. The normalized spacial score (nSPS) is 16.6. The van der Waals surface area contributed by atoms with Crippen molar-refractivity contribution in [2.45, 2.75) is 25.8 Å². The van der Waals surface area contributed by atoms with Gasteiger partial charge in [0.1, 0.15) is 0 Å². The summed E-state index contributed by atoms with van der Waals surface area (Å²) in [5, 5.41) is 2.88. The number of fused-ring (bicyclic) bond motifs is 1. The van der Waals surface area contributed by atoms with Gasteiger partial charge in [0.25, 0.3) is 0 Å². The average molecular weight is 259 g/mol. The number of nitrogens with one attached hydrogen (secondary N) is 1. The van der Waals surface area contributed by atoms with Crippen molar-refractivity contribution in [3.05, 3.63) is 47.5 Å². The van der Waals surface area contributed by atoms with Crippen LogP contribution in [0.25, 0.3) is 0 Å². The highest BCUT2D eigenvalue weighted by Crippen LogP contribution is 2.23. The van der Waals surface area contributed by atoms with Crippen molar-refractivity contribution in [2.24, 2.45) is 0 Å². The molecule has 1 atom stereocenters. The molecule has 4 heteroatoms. The number of esters is 1. The fourth-order valence-electron chi connectivity index (χ4n) is 2.32. The van der Waals surface area contributed by atoms with E-state index in [1.807, 2.05) is 12.1 Å². The van der Waals surface area contributed by atoms with Gasteiger partial charge in [0.15, 0.2) is 0 Å². The Bertz CT molecular complexity index is 522. The third kappa shape index (κ3) is 3.02. The maximum atomic E-state index is 11.6. The third-order valence-corrected chi connectivity index (χ3v) is 3.18. The van der Waals surface area contributed by atoms with Gasteiger partial charge < -0.3 is 10.1 Å². The largest absolute Gasteiger partial charge is 0.462 e. The lowest BCUT2D eigenvalue weighted by Gasteiger charge is -2.09. The molecule has 0 heterocycles. The first-order valence-electron chi connectivity index (χ1n) is 6.36. The van der Waals surface area contributed by atoms with Crippen LogP contribution >= 0.6 is 0 Å². The number of ether oxygens (including phenoxy) is 1. The summed E-state index contributed by atoms with van der Waals surface area (Å²) in [4.78, 5) is 22.9. The predicted octanol–water partition coefficient (Wildman–Crippen LogP) is 1.63. The standard InChI is InChI=1S/C15H17NO3/c1-3-14(17)16-13-8-10-5-6-11(7-12(10)9-13)15(18)19-4-2/h3,5-7,13H,1,4,8-9H2,2H3,(H,16,17). The molecule has 1 amide bonds. The van der Waals surface area contributed by atoms with Crippen molar-refractivity contribution < 1.29 is 14.3 Å². The molecule has 0 bridgehead atoms. The van der Waals surface area contributed by atoms with Crippen LogP contribution in [0.3, 0.4) is 0 Å². The molecule has 100 valence electrons. The fourth-order valence-corrected chi connectivity index (χ4v) is 2.32. The Morgan fingerprint density at radius 3 is 2.84 bits per heavy atom. The van der Waals surface area contributed by atoms with E-state index in [1.54, 1.807) is 13.0 Å². The summed E-state index contributed by atoms with van der Waals surface area (Å²) in [6, 6.07) is 5.64. The van der Waals surface area contributed by atoms with Gasteiger partial charge in [-0.3, -0.25) is 4.79 Å². The van der Waals surface area contributed by atoms with Crippen LogP contribution in [-0.4, -0.2) is 24.5 Å². The quantitative estimate of drug-likeness (QED) is 0.660. The van der Waals surface area contributed by atoms with E-state index in [1.165, 1.54) is 11.6 Å². The first-order chi connectivity index (χ1) is 9.13. The van der Waals surface area contributed by atoms with Gasteiger partial charge in [-0.05, 0) is 49.1 Å². The minimum Gasteiger partial charge on any atom is -0.462 e. The van der Waals surface area contributed by atoms with Crippen LogP contribution in [0.1, 0.15) is 28.4 Å². The summed E-state index contributed by atoms with van der Waals surface area (Å²) in [6.07, 6.45) is 2.80. The Morgan fingerprint density at radius 1 is 1.42 bits per heavy atom. The number of carbonyl (C=O) groups excluding carboxylic acids is 2. The maximum absolute atomic E-state index is 11.6. The Morgan fingerprint density at radius 2 is 2.16 bits per heavy atom. The molecule has 19 heavy (non-hydrogen) atoms. The van der Waals surface area contributed by atoms with Crippen LogP contribution < -0.4 is 5.32 Å². The molecular formula is C15H17NO3. The Labute approximate surface area is 112 Å². The van der Waals surface area contributed by atoms with E-state index in [0.717, 1.165) is 18.4 Å². The first-order valence-corrected chi connectivity index (χ1v) is 6.36. The zero-order chi connectivity index (χ0) is 13.8. The van der Waals surface area contributed by atoms with Crippen LogP contribution in [0, 0.1) is 0 Å². The van der Waals surface area contributed by atoms with E-state index in [0.29, 0.717) is 12.2 Å². The highest BCUT2D eigenvalue weighted by molar-refractivity contribution is 5.90. The molecule has 4 nitrogen and oxygen atoms in total. The number of hydrogen-bond acceptors (Lipinski definition) is 3. The molecule has 1 unspecified atom stereocenters. The lowest BCUT2D eigenvalue weighted by Crippen LogP contribution is -2.33. The van der Waals surface area contributed by atoms with Gasteiger partial charge in [0, 0.05) is 6.04 Å². The Kier molecular flexibility index (Phi) is 4.00. The van der Waals surface area contributed by atoms with Crippen molar-refractivity contribution in [1.82, 2.24) is 5.32 Å². The van der Waals surface area contributed by atoms with Crippen LogP contribution in [0.2, 0.25) is 0 Å². The SMILES string of the molecule is C=CC(=O)NC1Cc2ccc(C(=O)OCC)cc2C1. The molecule has 0 aliphatic heterocycles. The summed E-state index contributed by atoms with van der Waals surface area (Å²) < 4.78 is 4.97. The van der Waals surface area contributed by atoms with Crippen molar-refractivity contribution >= 4 is 11.9 Å². The predicted molar refractivity (Wildman–Crippen MR) is 71.9 cm³/mol. The van der Waals surface area contributed by atoms with Crippen molar-refractivity contribution in [2.75, 3.05) is 6.61 Å². The molecular weight excluding hydrogens is 242 g/mol. The molecule has 1 aromatic rings. The van der Waals surface area contributed by atoms with Crippen molar-refractivity contribution in [3.63, 3.8) is 0 Å². The molecule has 1 aliphatic carbocycles. The van der Waals surface area contributed by atoms with Gasteiger partial charge >= 0.3 is 5.97 Å². The van der Waals surface area contributed by atoms with Crippen LogP contribution in [0.4, 0.5) is 0 Å². The molecule has 1 aromatic carbocycles. The highest BCUT2D eigenvalue weighted by Gasteiger charge is 2.23. The molecule has 0 aromatic heterocycles. The molecule has 0 radical (unpaired) electrons. The molecule has 0 spiro atoms. The molecule has 1 aliphatic rings. The zero-order valence-electron chi connectivity index (χ0n) is 10.9. The van der Waals surface area contributed by atoms with Gasteiger partial charge in [-0.2, -0.15) is 0 Å². The number of hydrogen-bond donors (Lipinski definition) is 1. The van der Waals surface area contributed by atoms with Gasteiger partial charge in [-0.15, -0.1) is 0 Å². The minimum atomic E-state index is -0.302. The van der Waals surface area contributed by atoms with Crippen molar-refractivity contribution in [3.8, 4) is 0 Å². The lowest BCUT2D eigenvalue weighted by atomic mass is 10.1. The summed E-state index contributed by atoms with van der Waals surface area (Å²) in [7, 11) is 0. The second-order valence-corrected chi connectivity index (χ2v) is 4.52. The Hall–Kier alpha value is -2.10. The van der Waals surface area contributed by atoms with Gasteiger partial charge in [-0.25, -0.2) is 4.79 Å². The van der Waals surface area contributed by atoms with Gasteiger partial charge in [0.05, 0.1) is 12.2 Å². The molecule has 0 fully saturated rings. The monoisotopic (exact) mass is 259 g/mol. The molecule has 1 N–H and O–H groups in total. The van der Waals surface area contributed by atoms with Crippen LogP contribution in [0.15, 0.2) is 30.9 Å².